The van der Waals surface area contributed by atoms with E-state index in [0.717, 1.165) is 5.69 Å². The van der Waals surface area contributed by atoms with Gasteiger partial charge in [0, 0.05) is 18.9 Å². The third kappa shape index (κ3) is 2.65. The Hall–Kier alpha value is -2.37. The highest BCUT2D eigenvalue weighted by Crippen LogP contribution is 2.08. The Morgan fingerprint density at radius 2 is 2.33 bits per heavy atom. The molecule has 2 heterocycles. The molecule has 2 aromatic heterocycles. The summed E-state index contributed by atoms with van der Waals surface area (Å²) in [4.78, 5) is 16.0. The van der Waals surface area contributed by atoms with Crippen LogP contribution < -0.4 is 11.1 Å². The third-order valence-electron chi connectivity index (χ3n) is 2.49. The summed E-state index contributed by atoms with van der Waals surface area (Å²) in [6.45, 7) is 2.97. The van der Waals surface area contributed by atoms with Gasteiger partial charge in [-0.05, 0) is 19.1 Å². The van der Waals surface area contributed by atoms with Crippen LogP contribution in [-0.4, -0.2) is 20.7 Å². The molecule has 3 N–H and O–H groups in total. The van der Waals surface area contributed by atoms with Gasteiger partial charge in [0.25, 0.3) is 5.91 Å². The zero-order valence-electron chi connectivity index (χ0n) is 10.1. The summed E-state index contributed by atoms with van der Waals surface area (Å²) in [7, 11) is 0. The van der Waals surface area contributed by atoms with Gasteiger partial charge in [0.2, 0.25) is 0 Å². The predicted molar refractivity (Wildman–Crippen MR) is 67.7 cm³/mol. The average molecular weight is 245 g/mol. The van der Waals surface area contributed by atoms with Crippen molar-refractivity contribution >= 4 is 11.6 Å². The lowest BCUT2D eigenvalue weighted by Crippen LogP contribution is -2.24. The fourth-order valence-electron chi connectivity index (χ4n) is 1.53. The van der Waals surface area contributed by atoms with E-state index in [9.17, 15) is 4.79 Å². The molecule has 0 atom stereocenters. The normalized spacial score (nSPS) is 10.3. The monoisotopic (exact) mass is 245 g/mol. The molecule has 2 aromatic rings. The molecule has 0 aliphatic rings. The molecule has 6 nitrogen and oxygen atoms in total. The van der Waals surface area contributed by atoms with Crippen molar-refractivity contribution in [3.63, 3.8) is 0 Å². The van der Waals surface area contributed by atoms with E-state index in [1.807, 2.05) is 25.1 Å². The molecule has 0 unspecified atom stereocenters. The first kappa shape index (κ1) is 12.1. The average Bonchev–Trinajstić information content (AvgIpc) is 2.78. The number of nitrogen functional groups attached to an aromatic ring is 1. The summed E-state index contributed by atoms with van der Waals surface area (Å²) in [5.41, 5.74) is 7.16. The van der Waals surface area contributed by atoms with E-state index >= 15 is 0 Å². The lowest BCUT2D eigenvalue weighted by molar-refractivity contribution is 0.0945. The van der Waals surface area contributed by atoms with Gasteiger partial charge in [-0.3, -0.25) is 14.5 Å². The highest BCUT2D eigenvalue weighted by molar-refractivity contribution is 5.96. The number of nitrogens with zero attached hydrogens (tertiary/aromatic N) is 3. The standard InChI is InChI=1S/C12H15N5O/c1-2-17-8-10(13)11(16-17)12(18)15-7-9-5-3-4-6-14-9/h3-6,8H,2,7,13H2,1H3,(H,15,18). The van der Waals surface area contributed by atoms with Crippen molar-refractivity contribution in [3.05, 3.63) is 42.0 Å². The largest absolute Gasteiger partial charge is 0.396 e. The van der Waals surface area contributed by atoms with Crippen LogP contribution >= 0.6 is 0 Å². The topological polar surface area (TPSA) is 85.8 Å². The van der Waals surface area contributed by atoms with Gasteiger partial charge in [-0.1, -0.05) is 6.07 Å². The number of hydrogen-bond acceptors (Lipinski definition) is 4. The number of anilines is 1. The number of amides is 1. The summed E-state index contributed by atoms with van der Waals surface area (Å²) in [6, 6.07) is 5.54. The molecular formula is C12H15N5O. The maximum Gasteiger partial charge on any atom is 0.274 e. The fourth-order valence-corrected chi connectivity index (χ4v) is 1.53. The molecular weight excluding hydrogens is 230 g/mol. The van der Waals surface area contributed by atoms with Crippen LogP contribution in [0.4, 0.5) is 5.69 Å². The van der Waals surface area contributed by atoms with Gasteiger partial charge in [-0.25, -0.2) is 0 Å². The molecule has 2 rings (SSSR count). The number of aryl methyl sites for hydroxylation is 1. The molecule has 0 spiro atoms. The van der Waals surface area contributed by atoms with E-state index in [1.54, 1.807) is 17.1 Å². The lowest BCUT2D eigenvalue weighted by Gasteiger charge is -2.02. The molecule has 0 aromatic carbocycles. The van der Waals surface area contributed by atoms with Crippen LogP contribution in [0, 0.1) is 0 Å². The highest BCUT2D eigenvalue weighted by atomic mass is 16.2. The molecule has 18 heavy (non-hydrogen) atoms. The molecule has 94 valence electrons. The number of hydrogen-bond donors (Lipinski definition) is 2. The molecule has 6 heteroatoms. The van der Waals surface area contributed by atoms with Gasteiger partial charge in [0.1, 0.15) is 0 Å². The third-order valence-corrected chi connectivity index (χ3v) is 2.49. The summed E-state index contributed by atoms with van der Waals surface area (Å²) in [5, 5.41) is 6.84. The van der Waals surface area contributed by atoms with E-state index in [4.69, 9.17) is 5.73 Å². The van der Waals surface area contributed by atoms with E-state index in [-0.39, 0.29) is 11.6 Å². The van der Waals surface area contributed by atoms with Gasteiger partial charge in [0.15, 0.2) is 5.69 Å². The van der Waals surface area contributed by atoms with E-state index in [2.05, 4.69) is 15.4 Å². The number of nitrogens with one attached hydrogen (secondary N) is 1. The Bertz CT molecular complexity index is 535. The van der Waals surface area contributed by atoms with Crippen LogP contribution in [0.15, 0.2) is 30.6 Å². The number of carbonyl (C=O) groups excluding carboxylic acids is 1. The minimum atomic E-state index is -0.287. The zero-order valence-corrected chi connectivity index (χ0v) is 10.1. The van der Waals surface area contributed by atoms with Crippen molar-refractivity contribution in [2.75, 3.05) is 5.73 Å². The van der Waals surface area contributed by atoms with Gasteiger partial charge >= 0.3 is 0 Å². The van der Waals surface area contributed by atoms with Crippen molar-refractivity contribution in [1.29, 1.82) is 0 Å². The summed E-state index contributed by atoms with van der Waals surface area (Å²) >= 11 is 0. The first-order valence-electron chi connectivity index (χ1n) is 5.71. The van der Waals surface area contributed by atoms with Crippen LogP contribution in [0.3, 0.4) is 0 Å². The Labute approximate surface area is 105 Å². The first-order valence-corrected chi connectivity index (χ1v) is 5.71. The lowest BCUT2D eigenvalue weighted by atomic mass is 10.3. The molecule has 1 amide bonds. The Morgan fingerprint density at radius 3 is 2.94 bits per heavy atom. The van der Waals surface area contributed by atoms with Gasteiger partial charge in [-0.2, -0.15) is 5.10 Å². The fraction of sp³-hybridized carbons (Fsp3) is 0.250. The van der Waals surface area contributed by atoms with Gasteiger partial charge < -0.3 is 11.1 Å². The SMILES string of the molecule is CCn1cc(N)c(C(=O)NCc2ccccn2)n1. The summed E-state index contributed by atoms with van der Waals surface area (Å²) < 4.78 is 1.63. The Kier molecular flexibility index (Phi) is 3.57. The van der Waals surface area contributed by atoms with Crippen LogP contribution in [-0.2, 0) is 13.1 Å². The second kappa shape index (κ2) is 5.31. The summed E-state index contributed by atoms with van der Waals surface area (Å²) in [5.74, 6) is -0.287. The minimum Gasteiger partial charge on any atom is -0.396 e. The van der Waals surface area contributed by atoms with E-state index < -0.39 is 0 Å². The quantitative estimate of drug-likeness (QED) is 0.834. The summed E-state index contributed by atoms with van der Waals surface area (Å²) in [6.07, 6.45) is 3.33. The van der Waals surface area contributed by atoms with Crippen molar-refractivity contribution in [2.45, 2.75) is 20.0 Å². The van der Waals surface area contributed by atoms with Crippen LogP contribution in [0.1, 0.15) is 23.1 Å². The smallest absolute Gasteiger partial charge is 0.274 e. The molecule has 0 fully saturated rings. The van der Waals surface area contributed by atoms with Gasteiger partial charge in [-0.15, -0.1) is 0 Å². The minimum absolute atomic E-state index is 0.257. The second-order valence-electron chi connectivity index (χ2n) is 3.79. The number of carbonyl (C=O) groups is 1. The van der Waals surface area contributed by atoms with Crippen LogP contribution in [0.5, 0.6) is 0 Å². The molecule has 0 aliphatic heterocycles. The first-order chi connectivity index (χ1) is 8.70. The number of rotatable bonds is 4. The van der Waals surface area contributed by atoms with Crippen molar-refractivity contribution in [3.8, 4) is 0 Å². The van der Waals surface area contributed by atoms with Crippen molar-refractivity contribution < 1.29 is 4.79 Å². The maximum absolute atomic E-state index is 11.9. The van der Waals surface area contributed by atoms with Crippen molar-refractivity contribution in [1.82, 2.24) is 20.1 Å². The van der Waals surface area contributed by atoms with Crippen molar-refractivity contribution in [2.24, 2.45) is 0 Å². The van der Waals surface area contributed by atoms with E-state index in [1.165, 1.54) is 0 Å². The second-order valence-corrected chi connectivity index (χ2v) is 3.79. The Balaban J connectivity index is 2.01. The molecule has 0 bridgehead atoms. The molecule has 0 saturated heterocycles. The number of nitrogens with two attached hydrogens (primary N) is 1. The highest BCUT2D eigenvalue weighted by Gasteiger charge is 2.14. The van der Waals surface area contributed by atoms with Gasteiger partial charge in [0.05, 0.1) is 17.9 Å². The van der Waals surface area contributed by atoms with Crippen LogP contribution in [0.25, 0.3) is 0 Å². The van der Waals surface area contributed by atoms with Crippen LogP contribution in [0.2, 0.25) is 0 Å². The predicted octanol–water partition coefficient (Wildman–Crippen LogP) is 0.810. The molecule has 0 radical (unpaired) electrons. The molecule has 0 saturated carbocycles. The number of aromatic nitrogens is 3. The zero-order chi connectivity index (χ0) is 13.0. The maximum atomic E-state index is 11.9. The number of pyridine rings is 1. The van der Waals surface area contributed by atoms with E-state index in [0.29, 0.717) is 18.8 Å². The Morgan fingerprint density at radius 1 is 1.50 bits per heavy atom. The molecule has 0 aliphatic carbocycles.